The lowest BCUT2D eigenvalue weighted by molar-refractivity contribution is 0.0317. The van der Waals surface area contributed by atoms with Crippen LogP contribution in [0.25, 0.3) is 16.9 Å². The van der Waals surface area contributed by atoms with Gasteiger partial charge in [-0.15, -0.1) is 5.10 Å². The number of halogens is 1. The van der Waals surface area contributed by atoms with E-state index in [1.54, 1.807) is 41.2 Å². The molecule has 4 aromatic rings. The van der Waals surface area contributed by atoms with Crippen LogP contribution in [0.4, 0.5) is 16.0 Å². The summed E-state index contributed by atoms with van der Waals surface area (Å²) in [6.45, 7) is 6.34. The molecular weight excluding hydrogens is 451 g/mol. The van der Waals surface area contributed by atoms with E-state index < -0.39 is 0 Å². The molecule has 5 rings (SSSR count). The summed E-state index contributed by atoms with van der Waals surface area (Å²) in [6, 6.07) is 9.99. The summed E-state index contributed by atoms with van der Waals surface area (Å²) in [5.74, 6) is 0.569. The predicted octanol–water partition coefficient (Wildman–Crippen LogP) is 2.79. The minimum atomic E-state index is -0.280. The molecule has 0 unspecified atom stereocenters. The number of nitrogens with zero attached hydrogens (tertiary/aromatic N) is 6. The summed E-state index contributed by atoms with van der Waals surface area (Å²) in [6.07, 6.45) is 3.45. The molecule has 0 bridgehead atoms. The Balaban J connectivity index is 1.43. The first-order valence-electron chi connectivity index (χ1n) is 11.5. The van der Waals surface area contributed by atoms with E-state index in [-0.39, 0.29) is 17.9 Å². The van der Waals surface area contributed by atoms with E-state index >= 15 is 0 Å². The molecule has 1 fully saturated rings. The molecular formula is C24H27FN8O2. The van der Waals surface area contributed by atoms with Crippen molar-refractivity contribution in [2.45, 2.75) is 13.0 Å². The lowest BCUT2D eigenvalue weighted by Crippen LogP contribution is -2.38. The van der Waals surface area contributed by atoms with Crippen LogP contribution in [0.3, 0.4) is 0 Å². The van der Waals surface area contributed by atoms with E-state index in [0.717, 1.165) is 38.4 Å². The number of ether oxygens (including phenoxy) is 2. The zero-order valence-corrected chi connectivity index (χ0v) is 19.4. The molecule has 0 amide bonds. The van der Waals surface area contributed by atoms with E-state index in [1.165, 1.54) is 12.1 Å². The number of hydrogen-bond donors (Lipinski definition) is 2. The Morgan fingerprint density at radius 1 is 1.20 bits per heavy atom. The maximum atomic E-state index is 13.4. The van der Waals surface area contributed by atoms with Gasteiger partial charge in [0, 0.05) is 44.1 Å². The van der Waals surface area contributed by atoms with Gasteiger partial charge in [-0.3, -0.25) is 4.90 Å². The van der Waals surface area contributed by atoms with Crippen LogP contribution in [0, 0.1) is 5.82 Å². The fourth-order valence-electron chi connectivity index (χ4n) is 3.99. The molecule has 0 aliphatic carbocycles. The van der Waals surface area contributed by atoms with Gasteiger partial charge in [0.2, 0.25) is 0 Å². The SMILES string of the molecule is C[C@H](Nc1cc(-c2c(N)nn3cccnc23)nc(OCCN2CCOCC2)n1)c1ccc(F)cc1. The molecule has 1 saturated heterocycles. The molecule has 4 heterocycles. The van der Waals surface area contributed by atoms with E-state index in [9.17, 15) is 4.39 Å². The lowest BCUT2D eigenvalue weighted by Gasteiger charge is -2.26. The van der Waals surface area contributed by atoms with Crippen LogP contribution in [0.15, 0.2) is 48.8 Å². The summed E-state index contributed by atoms with van der Waals surface area (Å²) in [7, 11) is 0. The van der Waals surface area contributed by atoms with E-state index in [0.29, 0.717) is 35.1 Å². The molecule has 182 valence electrons. The standard InChI is InChI=1S/C24H27FN8O2/c1-16(17-3-5-18(25)6-4-17)28-20-15-19(21-22(26)31-33-8-2-7-27-23(21)33)29-24(30-20)35-14-11-32-9-12-34-13-10-32/h2-8,15-16H,9-14H2,1H3,(H2,26,31)(H,28,29,30)/t16-/m0/s1. The van der Waals surface area contributed by atoms with Crippen molar-refractivity contribution in [1.29, 1.82) is 0 Å². The van der Waals surface area contributed by atoms with Crippen molar-refractivity contribution in [3.63, 3.8) is 0 Å². The molecule has 11 heteroatoms. The van der Waals surface area contributed by atoms with Crippen molar-refractivity contribution in [1.82, 2.24) is 29.5 Å². The molecule has 35 heavy (non-hydrogen) atoms. The Kier molecular flexibility index (Phi) is 6.68. The average molecular weight is 479 g/mol. The minimum Gasteiger partial charge on any atom is -0.462 e. The summed E-state index contributed by atoms with van der Waals surface area (Å²) in [5, 5.41) is 7.70. The van der Waals surface area contributed by atoms with Gasteiger partial charge in [0.1, 0.15) is 18.2 Å². The molecule has 0 saturated carbocycles. The molecule has 1 aliphatic rings. The highest BCUT2D eigenvalue weighted by Gasteiger charge is 2.19. The number of rotatable bonds is 8. The van der Waals surface area contributed by atoms with E-state index in [1.807, 2.05) is 6.92 Å². The molecule has 3 N–H and O–H groups in total. The third kappa shape index (κ3) is 5.31. The van der Waals surface area contributed by atoms with Gasteiger partial charge in [0.05, 0.1) is 24.5 Å². The zero-order valence-electron chi connectivity index (χ0n) is 19.4. The normalized spacial score (nSPS) is 15.3. The second kappa shape index (κ2) is 10.2. The number of hydrogen-bond acceptors (Lipinski definition) is 9. The lowest BCUT2D eigenvalue weighted by atomic mass is 10.1. The van der Waals surface area contributed by atoms with Crippen molar-refractivity contribution in [2.75, 3.05) is 50.5 Å². The van der Waals surface area contributed by atoms with Crippen LogP contribution in [-0.2, 0) is 4.74 Å². The van der Waals surface area contributed by atoms with Crippen molar-refractivity contribution in [2.24, 2.45) is 0 Å². The molecule has 0 spiro atoms. The quantitative estimate of drug-likeness (QED) is 0.394. The second-order valence-corrected chi connectivity index (χ2v) is 8.29. The number of nitrogens with two attached hydrogens (primary N) is 1. The summed E-state index contributed by atoms with van der Waals surface area (Å²) < 4.78 is 26.3. The highest BCUT2D eigenvalue weighted by atomic mass is 19.1. The number of nitrogens with one attached hydrogen (secondary N) is 1. The summed E-state index contributed by atoms with van der Waals surface area (Å²) >= 11 is 0. The first-order chi connectivity index (χ1) is 17.1. The van der Waals surface area contributed by atoms with Gasteiger partial charge in [-0.25, -0.2) is 13.9 Å². The Morgan fingerprint density at radius 2 is 2.00 bits per heavy atom. The third-order valence-electron chi connectivity index (χ3n) is 5.86. The van der Waals surface area contributed by atoms with Crippen molar-refractivity contribution >= 4 is 17.3 Å². The number of benzene rings is 1. The summed E-state index contributed by atoms with van der Waals surface area (Å²) in [4.78, 5) is 15.9. The van der Waals surface area contributed by atoms with Gasteiger partial charge in [0.25, 0.3) is 0 Å². The van der Waals surface area contributed by atoms with Crippen LogP contribution in [0.5, 0.6) is 6.01 Å². The number of nitrogen functional groups attached to an aromatic ring is 1. The second-order valence-electron chi connectivity index (χ2n) is 8.29. The summed E-state index contributed by atoms with van der Waals surface area (Å²) in [5.41, 5.74) is 8.88. The smallest absolute Gasteiger partial charge is 0.318 e. The Hall–Kier alpha value is -3.83. The minimum absolute atomic E-state index is 0.140. The highest BCUT2D eigenvalue weighted by molar-refractivity contribution is 5.85. The average Bonchev–Trinajstić information content (AvgIpc) is 3.20. The van der Waals surface area contributed by atoms with Gasteiger partial charge in [-0.2, -0.15) is 9.97 Å². The number of fused-ring (bicyclic) bond motifs is 1. The molecule has 1 aromatic carbocycles. The van der Waals surface area contributed by atoms with Crippen molar-refractivity contribution < 1.29 is 13.9 Å². The van der Waals surface area contributed by atoms with Gasteiger partial charge >= 0.3 is 6.01 Å². The van der Waals surface area contributed by atoms with Gasteiger partial charge in [-0.05, 0) is 30.7 Å². The highest BCUT2D eigenvalue weighted by Crippen LogP contribution is 2.31. The van der Waals surface area contributed by atoms with Crippen LogP contribution in [0.1, 0.15) is 18.5 Å². The molecule has 1 aliphatic heterocycles. The largest absolute Gasteiger partial charge is 0.462 e. The van der Waals surface area contributed by atoms with E-state index in [4.69, 9.17) is 15.2 Å². The van der Waals surface area contributed by atoms with Crippen LogP contribution >= 0.6 is 0 Å². The van der Waals surface area contributed by atoms with Crippen LogP contribution in [-0.4, -0.2) is 68.9 Å². The molecule has 3 aromatic heterocycles. The maximum absolute atomic E-state index is 13.4. The monoisotopic (exact) mass is 478 g/mol. The zero-order chi connectivity index (χ0) is 24.2. The van der Waals surface area contributed by atoms with Gasteiger partial charge in [0.15, 0.2) is 11.5 Å². The number of aromatic nitrogens is 5. The van der Waals surface area contributed by atoms with Gasteiger partial charge in [-0.1, -0.05) is 12.1 Å². The molecule has 1 atom stereocenters. The van der Waals surface area contributed by atoms with Crippen molar-refractivity contribution in [3.8, 4) is 17.3 Å². The maximum Gasteiger partial charge on any atom is 0.318 e. The van der Waals surface area contributed by atoms with Crippen LogP contribution in [0.2, 0.25) is 0 Å². The molecule has 0 radical (unpaired) electrons. The Bertz CT molecular complexity index is 1290. The van der Waals surface area contributed by atoms with E-state index in [2.05, 4.69) is 30.3 Å². The van der Waals surface area contributed by atoms with Crippen molar-refractivity contribution in [3.05, 3.63) is 60.2 Å². The Labute approximate surface area is 201 Å². The van der Waals surface area contributed by atoms with Gasteiger partial charge < -0.3 is 20.5 Å². The first-order valence-corrected chi connectivity index (χ1v) is 11.5. The first kappa shape index (κ1) is 22.9. The fourth-order valence-corrected chi connectivity index (χ4v) is 3.99. The molecule has 10 nitrogen and oxygen atoms in total. The predicted molar refractivity (Wildman–Crippen MR) is 130 cm³/mol. The fraction of sp³-hybridized carbons (Fsp3) is 0.333. The van der Waals surface area contributed by atoms with Crippen LogP contribution < -0.4 is 15.8 Å². The topological polar surface area (TPSA) is 116 Å². The number of morpholine rings is 1. The number of anilines is 2. The Morgan fingerprint density at radius 3 is 2.80 bits per heavy atom. The third-order valence-corrected chi connectivity index (χ3v) is 5.86.